The van der Waals surface area contributed by atoms with E-state index in [0.717, 1.165) is 25.8 Å². The molecule has 0 bridgehead atoms. The number of benzene rings is 1. The van der Waals surface area contributed by atoms with Crippen molar-refractivity contribution < 1.29 is 14.3 Å². The molecule has 5 heteroatoms. The lowest BCUT2D eigenvalue weighted by Crippen LogP contribution is -2.42. The van der Waals surface area contributed by atoms with Gasteiger partial charge in [-0.05, 0) is 38.3 Å². The summed E-state index contributed by atoms with van der Waals surface area (Å²) < 4.78 is 5.32. The van der Waals surface area contributed by atoms with Crippen LogP contribution in [0.5, 0.6) is 5.75 Å². The van der Waals surface area contributed by atoms with Crippen LogP contribution in [-0.4, -0.2) is 35.9 Å². The molecule has 1 aromatic carbocycles. The molecule has 2 amide bonds. The van der Waals surface area contributed by atoms with Crippen LogP contribution in [0.2, 0.25) is 0 Å². The van der Waals surface area contributed by atoms with Crippen molar-refractivity contribution in [2.24, 2.45) is 5.73 Å². The number of piperidine rings is 1. The number of hydrogen-bond acceptors (Lipinski definition) is 3. The molecule has 0 spiro atoms. The summed E-state index contributed by atoms with van der Waals surface area (Å²) in [6, 6.07) is 7.21. The first-order valence-corrected chi connectivity index (χ1v) is 6.90. The van der Waals surface area contributed by atoms with E-state index in [0.29, 0.717) is 11.3 Å². The maximum Gasteiger partial charge on any atom is 0.257 e. The summed E-state index contributed by atoms with van der Waals surface area (Å²) in [5.41, 5.74) is 5.56. The van der Waals surface area contributed by atoms with Gasteiger partial charge in [-0.1, -0.05) is 12.1 Å². The number of likely N-dealkylation sites (tertiary alicyclic amines) is 1. The fourth-order valence-corrected chi connectivity index (χ4v) is 2.47. The van der Waals surface area contributed by atoms with E-state index in [9.17, 15) is 9.59 Å². The standard InChI is InChI=1S/C15H20N2O3/c1-11-6-4-5-9-17(11)15(19)12-7-2-3-8-13(12)20-10-14(16)18/h2-3,7-8,11H,4-6,9-10H2,1H3,(H2,16,18). The molecular formula is C15H20N2O3. The molecule has 1 atom stereocenters. The minimum Gasteiger partial charge on any atom is -0.483 e. The Hall–Kier alpha value is -2.04. The smallest absolute Gasteiger partial charge is 0.257 e. The lowest BCUT2D eigenvalue weighted by Gasteiger charge is -2.33. The molecule has 1 fully saturated rings. The summed E-state index contributed by atoms with van der Waals surface area (Å²) >= 11 is 0. The topological polar surface area (TPSA) is 72.6 Å². The van der Waals surface area contributed by atoms with Crippen molar-refractivity contribution >= 4 is 11.8 Å². The highest BCUT2D eigenvalue weighted by molar-refractivity contribution is 5.97. The number of para-hydroxylation sites is 1. The van der Waals surface area contributed by atoms with E-state index >= 15 is 0 Å². The van der Waals surface area contributed by atoms with Gasteiger partial charge < -0.3 is 15.4 Å². The zero-order valence-corrected chi connectivity index (χ0v) is 11.7. The van der Waals surface area contributed by atoms with Gasteiger partial charge in [-0.25, -0.2) is 0 Å². The largest absolute Gasteiger partial charge is 0.483 e. The van der Waals surface area contributed by atoms with E-state index in [-0.39, 0.29) is 18.6 Å². The molecule has 1 unspecified atom stereocenters. The molecule has 2 N–H and O–H groups in total. The molecule has 1 aromatic rings. The predicted molar refractivity (Wildman–Crippen MR) is 75.5 cm³/mol. The number of ether oxygens (including phenoxy) is 1. The molecule has 108 valence electrons. The summed E-state index contributed by atoms with van der Waals surface area (Å²) in [6.45, 7) is 2.61. The second-order valence-electron chi connectivity index (χ2n) is 5.09. The Morgan fingerprint density at radius 1 is 1.35 bits per heavy atom. The van der Waals surface area contributed by atoms with Crippen LogP contribution < -0.4 is 10.5 Å². The number of nitrogens with zero attached hydrogens (tertiary/aromatic N) is 1. The fraction of sp³-hybridized carbons (Fsp3) is 0.467. The molecule has 2 rings (SSSR count). The fourth-order valence-electron chi connectivity index (χ4n) is 2.47. The summed E-state index contributed by atoms with van der Waals surface area (Å²) in [4.78, 5) is 25.3. The summed E-state index contributed by atoms with van der Waals surface area (Å²) in [5.74, 6) is -0.190. The van der Waals surface area contributed by atoms with Gasteiger partial charge in [0.1, 0.15) is 5.75 Å². The van der Waals surface area contributed by atoms with Crippen LogP contribution in [0, 0.1) is 0 Å². The van der Waals surface area contributed by atoms with E-state index in [2.05, 4.69) is 6.92 Å². The normalized spacial score (nSPS) is 18.6. The van der Waals surface area contributed by atoms with Crippen LogP contribution in [-0.2, 0) is 4.79 Å². The van der Waals surface area contributed by atoms with Crippen LogP contribution in [0.1, 0.15) is 36.5 Å². The third-order valence-electron chi connectivity index (χ3n) is 3.55. The van der Waals surface area contributed by atoms with Gasteiger partial charge >= 0.3 is 0 Å². The molecule has 0 radical (unpaired) electrons. The van der Waals surface area contributed by atoms with E-state index in [1.54, 1.807) is 24.3 Å². The minimum absolute atomic E-state index is 0.0442. The number of amides is 2. The summed E-state index contributed by atoms with van der Waals surface area (Å²) in [6.07, 6.45) is 3.21. The Kier molecular flexibility index (Phi) is 4.61. The Balaban J connectivity index is 2.18. The molecule has 1 saturated heterocycles. The first-order chi connectivity index (χ1) is 9.59. The highest BCUT2D eigenvalue weighted by Crippen LogP contribution is 2.24. The highest BCUT2D eigenvalue weighted by atomic mass is 16.5. The third kappa shape index (κ3) is 3.29. The number of nitrogens with two attached hydrogens (primary N) is 1. The molecule has 20 heavy (non-hydrogen) atoms. The quantitative estimate of drug-likeness (QED) is 0.907. The molecule has 1 heterocycles. The number of carbonyl (C=O) groups is 2. The molecule has 1 aliphatic heterocycles. The zero-order chi connectivity index (χ0) is 14.5. The first kappa shape index (κ1) is 14.4. The van der Waals surface area contributed by atoms with Gasteiger partial charge in [-0.3, -0.25) is 9.59 Å². The Morgan fingerprint density at radius 2 is 2.10 bits per heavy atom. The maximum absolute atomic E-state index is 12.6. The van der Waals surface area contributed by atoms with Crippen LogP contribution in [0.4, 0.5) is 0 Å². The molecule has 0 aliphatic carbocycles. The highest BCUT2D eigenvalue weighted by Gasteiger charge is 2.26. The van der Waals surface area contributed by atoms with Gasteiger partial charge in [0.25, 0.3) is 11.8 Å². The molecule has 5 nitrogen and oxygen atoms in total. The average molecular weight is 276 g/mol. The van der Waals surface area contributed by atoms with E-state index in [1.165, 1.54) is 0 Å². The van der Waals surface area contributed by atoms with Crippen molar-refractivity contribution in [2.45, 2.75) is 32.2 Å². The van der Waals surface area contributed by atoms with Crippen molar-refractivity contribution in [3.8, 4) is 5.75 Å². The van der Waals surface area contributed by atoms with Crippen molar-refractivity contribution in [3.63, 3.8) is 0 Å². The molecular weight excluding hydrogens is 256 g/mol. The lowest BCUT2D eigenvalue weighted by molar-refractivity contribution is -0.119. The number of hydrogen-bond donors (Lipinski definition) is 1. The molecule has 1 aliphatic rings. The van der Waals surface area contributed by atoms with Crippen LogP contribution in [0.3, 0.4) is 0 Å². The minimum atomic E-state index is -0.557. The van der Waals surface area contributed by atoms with Gasteiger partial charge in [-0.15, -0.1) is 0 Å². The Bertz CT molecular complexity index is 502. The van der Waals surface area contributed by atoms with Crippen LogP contribution in [0.25, 0.3) is 0 Å². The Labute approximate surface area is 118 Å². The molecule has 0 saturated carbocycles. The van der Waals surface area contributed by atoms with E-state index in [4.69, 9.17) is 10.5 Å². The van der Waals surface area contributed by atoms with Gasteiger partial charge in [0.05, 0.1) is 5.56 Å². The second kappa shape index (κ2) is 6.41. The molecule has 0 aromatic heterocycles. The average Bonchev–Trinajstić information content (AvgIpc) is 2.45. The van der Waals surface area contributed by atoms with Crippen LogP contribution >= 0.6 is 0 Å². The van der Waals surface area contributed by atoms with E-state index in [1.807, 2.05) is 4.90 Å². The van der Waals surface area contributed by atoms with E-state index < -0.39 is 5.91 Å². The first-order valence-electron chi connectivity index (χ1n) is 6.90. The number of carbonyl (C=O) groups excluding carboxylic acids is 2. The van der Waals surface area contributed by atoms with Crippen molar-refractivity contribution in [1.29, 1.82) is 0 Å². The Morgan fingerprint density at radius 3 is 2.80 bits per heavy atom. The summed E-state index contributed by atoms with van der Waals surface area (Å²) in [7, 11) is 0. The zero-order valence-electron chi connectivity index (χ0n) is 11.7. The van der Waals surface area contributed by atoms with Crippen molar-refractivity contribution in [2.75, 3.05) is 13.2 Å². The van der Waals surface area contributed by atoms with Crippen LogP contribution in [0.15, 0.2) is 24.3 Å². The van der Waals surface area contributed by atoms with Gasteiger partial charge in [0.15, 0.2) is 6.61 Å². The summed E-state index contributed by atoms with van der Waals surface area (Å²) in [5, 5.41) is 0. The predicted octanol–water partition coefficient (Wildman–Crippen LogP) is 1.57. The van der Waals surface area contributed by atoms with Gasteiger partial charge in [-0.2, -0.15) is 0 Å². The third-order valence-corrected chi connectivity index (χ3v) is 3.55. The SMILES string of the molecule is CC1CCCCN1C(=O)c1ccccc1OCC(N)=O. The maximum atomic E-state index is 12.6. The van der Waals surface area contributed by atoms with Gasteiger partial charge in [0.2, 0.25) is 0 Å². The number of primary amides is 1. The van der Waals surface area contributed by atoms with Gasteiger partial charge in [0, 0.05) is 12.6 Å². The second-order valence-corrected chi connectivity index (χ2v) is 5.09. The monoisotopic (exact) mass is 276 g/mol. The lowest BCUT2D eigenvalue weighted by atomic mass is 10.0. The van der Waals surface area contributed by atoms with Crippen molar-refractivity contribution in [1.82, 2.24) is 4.90 Å². The van der Waals surface area contributed by atoms with Crippen molar-refractivity contribution in [3.05, 3.63) is 29.8 Å². The number of rotatable bonds is 4.